The second-order valence-electron chi connectivity index (χ2n) is 4.60. The second kappa shape index (κ2) is 4.52. The number of halogens is 3. The van der Waals surface area contributed by atoms with Gasteiger partial charge in [-0.15, -0.1) is 0 Å². The molecule has 0 bridgehead atoms. The maximum absolute atomic E-state index is 12.8. The molecule has 96 valence electrons. The van der Waals surface area contributed by atoms with Gasteiger partial charge >= 0.3 is 6.18 Å². The van der Waals surface area contributed by atoms with Crippen molar-refractivity contribution in [1.29, 1.82) is 0 Å². The maximum Gasteiger partial charge on any atom is 0.416 e. The molecule has 0 amide bonds. The molecule has 0 unspecified atom stereocenters. The average Bonchev–Trinajstić information content (AvgIpc) is 2.80. The molecule has 1 aromatic carbocycles. The van der Waals surface area contributed by atoms with Gasteiger partial charge in [-0.25, -0.2) is 0 Å². The zero-order valence-electron chi connectivity index (χ0n) is 10.2. The first kappa shape index (κ1) is 12.7. The first-order chi connectivity index (χ1) is 8.38. The number of rotatable bonds is 2. The smallest absolute Gasteiger partial charge is 0.367 e. The Morgan fingerprint density at radius 2 is 1.78 bits per heavy atom. The van der Waals surface area contributed by atoms with Gasteiger partial charge in [0, 0.05) is 12.4 Å². The Morgan fingerprint density at radius 3 is 2.28 bits per heavy atom. The maximum atomic E-state index is 12.8. The van der Waals surface area contributed by atoms with E-state index in [0.717, 1.165) is 5.56 Å². The van der Waals surface area contributed by atoms with Crippen LogP contribution in [-0.2, 0) is 6.18 Å². The van der Waals surface area contributed by atoms with Gasteiger partial charge in [0.2, 0.25) is 0 Å². The molecule has 0 fully saturated rings. The van der Waals surface area contributed by atoms with Gasteiger partial charge in [0.05, 0.1) is 5.56 Å². The molecular weight excluding hydrogens is 239 g/mol. The van der Waals surface area contributed by atoms with Gasteiger partial charge in [-0.2, -0.15) is 13.2 Å². The van der Waals surface area contributed by atoms with E-state index < -0.39 is 11.7 Å². The van der Waals surface area contributed by atoms with Crippen LogP contribution in [0.5, 0.6) is 0 Å². The molecule has 1 aromatic heterocycles. The van der Waals surface area contributed by atoms with Gasteiger partial charge in [0.25, 0.3) is 0 Å². The highest BCUT2D eigenvalue weighted by Gasteiger charge is 2.31. The van der Waals surface area contributed by atoms with Crippen LogP contribution >= 0.6 is 0 Å². The average molecular weight is 253 g/mol. The van der Waals surface area contributed by atoms with Crippen molar-refractivity contribution in [3.05, 3.63) is 47.8 Å². The fraction of sp³-hybridized carbons (Fsp3) is 0.286. The molecule has 0 aliphatic heterocycles. The molecule has 4 heteroatoms. The summed E-state index contributed by atoms with van der Waals surface area (Å²) in [4.78, 5) is 2.85. The number of nitrogens with one attached hydrogen (secondary N) is 1. The zero-order valence-corrected chi connectivity index (χ0v) is 10.2. The predicted molar refractivity (Wildman–Crippen MR) is 65.3 cm³/mol. The Kier molecular flexibility index (Phi) is 3.20. The van der Waals surface area contributed by atoms with E-state index in [1.54, 1.807) is 18.5 Å². The number of H-pyrrole nitrogens is 1. The highest BCUT2D eigenvalue weighted by molar-refractivity contribution is 5.65. The molecule has 0 aliphatic rings. The minimum absolute atomic E-state index is 0.0602. The van der Waals surface area contributed by atoms with Crippen LogP contribution in [0.3, 0.4) is 0 Å². The molecule has 2 rings (SSSR count). The molecular formula is C14H14F3N. The third kappa shape index (κ3) is 2.58. The molecule has 0 saturated carbocycles. The fourth-order valence-electron chi connectivity index (χ4n) is 1.82. The van der Waals surface area contributed by atoms with Gasteiger partial charge < -0.3 is 4.98 Å². The summed E-state index contributed by atoms with van der Waals surface area (Å²) in [7, 11) is 0. The van der Waals surface area contributed by atoms with E-state index in [2.05, 4.69) is 4.98 Å². The summed E-state index contributed by atoms with van der Waals surface area (Å²) in [6, 6.07) is 5.98. The third-order valence-corrected chi connectivity index (χ3v) is 2.88. The Morgan fingerprint density at radius 1 is 1.06 bits per heavy atom. The van der Waals surface area contributed by atoms with Crippen molar-refractivity contribution in [3.63, 3.8) is 0 Å². The monoisotopic (exact) mass is 253 g/mol. The molecule has 18 heavy (non-hydrogen) atoms. The molecule has 0 saturated heterocycles. The Labute approximate surface area is 104 Å². The van der Waals surface area contributed by atoms with E-state index in [9.17, 15) is 13.2 Å². The lowest BCUT2D eigenvalue weighted by molar-refractivity contribution is -0.137. The van der Waals surface area contributed by atoms with Gasteiger partial charge in [0.1, 0.15) is 0 Å². The van der Waals surface area contributed by atoms with Crippen LogP contribution in [0.15, 0.2) is 36.7 Å². The van der Waals surface area contributed by atoms with Gasteiger partial charge in [0.15, 0.2) is 0 Å². The van der Waals surface area contributed by atoms with Crippen molar-refractivity contribution in [3.8, 4) is 11.1 Å². The van der Waals surface area contributed by atoms with Crippen LogP contribution in [0.2, 0.25) is 0 Å². The first-order valence-corrected chi connectivity index (χ1v) is 5.73. The van der Waals surface area contributed by atoms with Crippen LogP contribution < -0.4 is 0 Å². The van der Waals surface area contributed by atoms with Crippen LogP contribution in [0, 0.1) is 0 Å². The molecule has 2 aromatic rings. The molecule has 1 N–H and O–H groups in total. The molecule has 0 radical (unpaired) electrons. The first-order valence-electron chi connectivity index (χ1n) is 5.73. The van der Waals surface area contributed by atoms with Gasteiger partial charge in [-0.3, -0.25) is 0 Å². The summed E-state index contributed by atoms with van der Waals surface area (Å²) in [5, 5.41) is 0. The number of benzene rings is 1. The molecule has 1 heterocycles. The van der Waals surface area contributed by atoms with Gasteiger partial charge in [-0.1, -0.05) is 19.9 Å². The number of alkyl halides is 3. The fourth-order valence-corrected chi connectivity index (χ4v) is 1.82. The summed E-state index contributed by atoms with van der Waals surface area (Å²) in [6.45, 7) is 3.77. The van der Waals surface area contributed by atoms with E-state index in [1.807, 2.05) is 19.9 Å². The second-order valence-corrected chi connectivity index (χ2v) is 4.60. The van der Waals surface area contributed by atoms with E-state index in [-0.39, 0.29) is 5.92 Å². The highest BCUT2D eigenvalue weighted by atomic mass is 19.4. The minimum Gasteiger partial charge on any atom is -0.367 e. The van der Waals surface area contributed by atoms with Crippen LogP contribution in [0.1, 0.15) is 30.9 Å². The van der Waals surface area contributed by atoms with Crippen molar-refractivity contribution in [2.75, 3.05) is 0 Å². The lowest BCUT2D eigenvalue weighted by atomic mass is 9.95. The zero-order chi connectivity index (χ0) is 13.3. The van der Waals surface area contributed by atoms with E-state index in [1.165, 1.54) is 12.1 Å². The number of hydrogen-bond acceptors (Lipinski definition) is 0. The molecule has 0 spiro atoms. The van der Waals surface area contributed by atoms with Crippen LogP contribution in [0.4, 0.5) is 13.2 Å². The predicted octanol–water partition coefficient (Wildman–Crippen LogP) is 4.82. The lowest BCUT2D eigenvalue weighted by Gasteiger charge is -2.13. The summed E-state index contributed by atoms with van der Waals surface area (Å²) >= 11 is 0. The van der Waals surface area contributed by atoms with Crippen molar-refractivity contribution >= 4 is 0 Å². The van der Waals surface area contributed by atoms with E-state index >= 15 is 0 Å². The minimum atomic E-state index is -4.31. The Bertz CT molecular complexity index is 524. The molecule has 0 atom stereocenters. The van der Waals surface area contributed by atoms with Crippen molar-refractivity contribution in [1.82, 2.24) is 4.98 Å². The quantitative estimate of drug-likeness (QED) is 0.789. The van der Waals surface area contributed by atoms with Crippen LogP contribution in [0.25, 0.3) is 11.1 Å². The van der Waals surface area contributed by atoms with Crippen LogP contribution in [-0.4, -0.2) is 4.98 Å². The normalized spacial score (nSPS) is 12.1. The van der Waals surface area contributed by atoms with Crippen molar-refractivity contribution in [2.24, 2.45) is 0 Å². The van der Waals surface area contributed by atoms with E-state index in [0.29, 0.717) is 11.1 Å². The lowest BCUT2D eigenvalue weighted by Crippen LogP contribution is -2.06. The number of hydrogen-bond donors (Lipinski definition) is 1. The van der Waals surface area contributed by atoms with Crippen molar-refractivity contribution in [2.45, 2.75) is 25.9 Å². The van der Waals surface area contributed by atoms with Crippen molar-refractivity contribution < 1.29 is 13.2 Å². The Hall–Kier alpha value is -1.71. The SMILES string of the molecule is CC(C)c1cc(-c2cc[nH]c2)cc(C(F)(F)F)c1. The highest BCUT2D eigenvalue weighted by Crippen LogP contribution is 2.35. The summed E-state index contributed by atoms with van der Waals surface area (Å²) in [6.07, 6.45) is -0.916. The third-order valence-electron chi connectivity index (χ3n) is 2.88. The largest absolute Gasteiger partial charge is 0.416 e. The van der Waals surface area contributed by atoms with Gasteiger partial charge in [-0.05, 0) is 40.8 Å². The standard InChI is InChI=1S/C14H14F3N/c1-9(2)11-5-12(10-3-4-18-8-10)7-13(6-11)14(15,16)17/h3-9,18H,1-2H3. The summed E-state index contributed by atoms with van der Waals surface area (Å²) in [5.74, 6) is 0.0602. The number of aromatic amines is 1. The summed E-state index contributed by atoms with van der Waals surface area (Å²) < 4.78 is 38.5. The number of aromatic nitrogens is 1. The molecule has 0 aliphatic carbocycles. The Balaban J connectivity index is 2.57. The summed E-state index contributed by atoms with van der Waals surface area (Å²) in [5.41, 5.74) is 1.46. The van der Waals surface area contributed by atoms with E-state index in [4.69, 9.17) is 0 Å². The topological polar surface area (TPSA) is 15.8 Å². The molecule has 1 nitrogen and oxygen atoms in total.